The Hall–Kier alpha value is -1.97. The van der Waals surface area contributed by atoms with E-state index in [2.05, 4.69) is 15.1 Å². The molecule has 0 aliphatic heterocycles. The zero-order chi connectivity index (χ0) is 13.3. The maximum Gasteiger partial charge on any atom is 0.115 e. The van der Waals surface area contributed by atoms with Crippen molar-refractivity contribution in [1.82, 2.24) is 19.7 Å². The van der Waals surface area contributed by atoms with E-state index in [1.165, 1.54) is 0 Å². The summed E-state index contributed by atoms with van der Waals surface area (Å²) in [6.07, 6.45) is 1.85. The number of aromatic nitrogens is 4. The first-order valence-electron chi connectivity index (χ1n) is 6.22. The molecular weight excluding hydrogens is 224 g/mol. The van der Waals surface area contributed by atoms with Gasteiger partial charge in [-0.15, -0.1) is 0 Å². The third-order valence-corrected chi connectivity index (χ3v) is 2.95. The summed E-state index contributed by atoms with van der Waals surface area (Å²) in [5.41, 5.74) is 4.86. The normalized spacial score (nSPS) is 10.5. The summed E-state index contributed by atoms with van der Waals surface area (Å²) in [7, 11) is 1.93. The van der Waals surface area contributed by atoms with Gasteiger partial charge in [0.1, 0.15) is 5.52 Å². The van der Waals surface area contributed by atoms with Crippen molar-refractivity contribution in [3.8, 4) is 0 Å². The number of benzene rings is 1. The van der Waals surface area contributed by atoms with Crippen molar-refractivity contribution >= 4 is 21.9 Å². The average molecular weight is 242 g/mol. The smallest absolute Gasteiger partial charge is 0.115 e. The molecule has 0 N–H and O–H groups in total. The monoisotopic (exact) mass is 242 g/mol. The number of hydrogen-bond acceptors (Lipinski definition) is 3. The van der Waals surface area contributed by atoms with Crippen LogP contribution in [0.2, 0.25) is 0 Å². The Morgan fingerprint density at radius 1 is 1.00 bits per heavy atom. The Labute approximate surface area is 107 Å². The summed E-state index contributed by atoms with van der Waals surface area (Å²) in [5.74, 6) is 0. The van der Waals surface area contributed by atoms with Gasteiger partial charge < -0.3 is 0 Å². The van der Waals surface area contributed by atoms with E-state index in [4.69, 9.17) is 0 Å². The second-order valence-electron chi connectivity index (χ2n) is 4.03. The molecule has 0 aliphatic carbocycles. The van der Waals surface area contributed by atoms with Crippen LogP contribution < -0.4 is 0 Å². The van der Waals surface area contributed by atoms with E-state index in [1.54, 1.807) is 0 Å². The second kappa shape index (κ2) is 4.72. The molecule has 0 spiro atoms. The van der Waals surface area contributed by atoms with Gasteiger partial charge in [0.05, 0.1) is 28.6 Å². The van der Waals surface area contributed by atoms with Crippen LogP contribution in [0.1, 0.15) is 25.2 Å². The summed E-state index contributed by atoms with van der Waals surface area (Å²) < 4.78 is 1.85. The van der Waals surface area contributed by atoms with Crippen molar-refractivity contribution in [2.45, 2.75) is 27.7 Å². The van der Waals surface area contributed by atoms with Gasteiger partial charge in [0.15, 0.2) is 0 Å². The zero-order valence-corrected chi connectivity index (χ0v) is 11.5. The summed E-state index contributed by atoms with van der Waals surface area (Å²) in [6, 6.07) is 4.03. The fraction of sp³-hybridized carbons (Fsp3) is 0.357. The van der Waals surface area contributed by atoms with E-state index >= 15 is 0 Å². The molecule has 3 rings (SSSR count). The van der Waals surface area contributed by atoms with Gasteiger partial charge in [-0.25, -0.2) is 9.97 Å². The molecule has 18 heavy (non-hydrogen) atoms. The minimum absolute atomic E-state index is 0.930. The third-order valence-electron chi connectivity index (χ3n) is 2.95. The standard InChI is InChI=1S/C12H12N4.C2H6/c1-7-8(2)15-11-10(14-7)5-4-9-6-13-16(3)12(9)11;1-2/h4-6H,1-3H3;1-2H3. The van der Waals surface area contributed by atoms with Gasteiger partial charge in [-0.2, -0.15) is 5.10 Å². The molecule has 0 saturated heterocycles. The van der Waals surface area contributed by atoms with Crippen LogP contribution in [-0.2, 0) is 7.05 Å². The Morgan fingerprint density at radius 3 is 2.39 bits per heavy atom. The van der Waals surface area contributed by atoms with Crippen LogP contribution in [0, 0.1) is 13.8 Å². The Kier molecular flexibility index (Phi) is 3.28. The molecule has 94 valence electrons. The van der Waals surface area contributed by atoms with Crippen LogP contribution >= 0.6 is 0 Å². The minimum Gasteiger partial charge on any atom is -0.266 e. The Bertz CT molecular complexity index is 698. The highest BCUT2D eigenvalue weighted by Crippen LogP contribution is 2.22. The van der Waals surface area contributed by atoms with Crippen molar-refractivity contribution in [2.24, 2.45) is 7.05 Å². The van der Waals surface area contributed by atoms with Gasteiger partial charge in [-0.05, 0) is 26.0 Å². The SMILES string of the molecule is CC.Cc1nc2ccc3cnn(C)c3c2nc1C. The van der Waals surface area contributed by atoms with E-state index < -0.39 is 0 Å². The number of nitrogens with zero attached hydrogens (tertiary/aromatic N) is 4. The lowest BCUT2D eigenvalue weighted by Crippen LogP contribution is -1.96. The topological polar surface area (TPSA) is 43.6 Å². The number of aryl methyl sites for hydroxylation is 3. The fourth-order valence-corrected chi connectivity index (χ4v) is 1.95. The predicted octanol–water partition coefficient (Wildman–Crippen LogP) is 3.16. The van der Waals surface area contributed by atoms with Crippen LogP contribution in [0.15, 0.2) is 18.3 Å². The lowest BCUT2D eigenvalue weighted by Gasteiger charge is -2.04. The summed E-state index contributed by atoms with van der Waals surface area (Å²) in [5, 5.41) is 5.35. The van der Waals surface area contributed by atoms with Crippen LogP contribution in [0.3, 0.4) is 0 Å². The highest BCUT2D eigenvalue weighted by atomic mass is 15.3. The van der Waals surface area contributed by atoms with Crippen molar-refractivity contribution < 1.29 is 0 Å². The van der Waals surface area contributed by atoms with Crippen molar-refractivity contribution in [2.75, 3.05) is 0 Å². The first-order valence-corrected chi connectivity index (χ1v) is 6.22. The van der Waals surface area contributed by atoms with Gasteiger partial charge in [0, 0.05) is 12.4 Å². The number of hydrogen-bond donors (Lipinski definition) is 0. The van der Waals surface area contributed by atoms with Crippen LogP contribution in [0.5, 0.6) is 0 Å². The van der Waals surface area contributed by atoms with Gasteiger partial charge in [0.2, 0.25) is 0 Å². The number of fused-ring (bicyclic) bond motifs is 3. The third kappa shape index (κ3) is 1.83. The molecule has 0 bridgehead atoms. The minimum atomic E-state index is 0.930. The lowest BCUT2D eigenvalue weighted by molar-refractivity contribution is 0.798. The molecule has 0 saturated carbocycles. The molecular formula is C14H18N4. The maximum absolute atomic E-state index is 4.61. The first-order chi connectivity index (χ1) is 8.66. The highest BCUT2D eigenvalue weighted by Gasteiger charge is 2.08. The molecule has 4 nitrogen and oxygen atoms in total. The maximum atomic E-state index is 4.61. The molecule has 0 unspecified atom stereocenters. The summed E-state index contributed by atoms with van der Waals surface area (Å²) in [4.78, 5) is 9.16. The molecule has 2 aromatic heterocycles. The Morgan fingerprint density at radius 2 is 1.67 bits per heavy atom. The number of rotatable bonds is 0. The summed E-state index contributed by atoms with van der Waals surface area (Å²) >= 11 is 0. The lowest BCUT2D eigenvalue weighted by atomic mass is 10.2. The summed E-state index contributed by atoms with van der Waals surface area (Å²) in [6.45, 7) is 7.96. The highest BCUT2D eigenvalue weighted by molar-refractivity contribution is 6.01. The molecule has 2 heterocycles. The van der Waals surface area contributed by atoms with E-state index in [-0.39, 0.29) is 0 Å². The zero-order valence-electron chi connectivity index (χ0n) is 11.5. The van der Waals surface area contributed by atoms with Crippen LogP contribution in [0.25, 0.3) is 21.9 Å². The molecule has 4 heteroatoms. The quantitative estimate of drug-likeness (QED) is 0.608. The first kappa shape index (κ1) is 12.5. The second-order valence-corrected chi connectivity index (χ2v) is 4.03. The van der Waals surface area contributed by atoms with E-state index in [0.717, 1.165) is 33.3 Å². The van der Waals surface area contributed by atoms with Crippen LogP contribution in [-0.4, -0.2) is 19.7 Å². The average Bonchev–Trinajstić information content (AvgIpc) is 2.76. The van der Waals surface area contributed by atoms with Gasteiger partial charge in [0.25, 0.3) is 0 Å². The predicted molar refractivity (Wildman–Crippen MR) is 74.6 cm³/mol. The fourth-order valence-electron chi connectivity index (χ4n) is 1.95. The molecule has 3 aromatic rings. The van der Waals surface area contributed by atoms with Crippen molar-refractivity contribution in [3.63, 3.8) is 0 Å². The largest absolute Gasteiger partial charge is 0.266 e. The molecule has 1 aromatic carbocycles. The van der Waals surface area contributed by atoms with Crippen molar-refractivity contribution in [1.29, 1.82) is 0 Å². The van der Waals surface area contributed by atoms with E-state index in [1.807, 2.05) is 57.8 Å². The van der Waals surface area contributed by atoms with Crippen molar-refractivity contribution in [3.05, 3.63) is 29.7 Å². The molecule has 0 aliphatic rings. The molecule has 0 amide bonds. The van der Waals surface area contributed by atoms with Gasteiger partial charge >= 0.3 is 0 Å². The van der Waals surface area contributed by atoms with Crippen LogP contribution in [0.4, 0.5) is 0 Å². The van der Waals surface area contributed by atoms with E-state index in [0.29, 0.717) is 0 Å². The molecule has 0 fully saturated rings. The van der Waals surface area contributed by atoms with Gasteiger partial charge in [-0.1, -0.05) is 13.8 Å². The molecule has 0 atom stereocenters. The Balaban J connectivity index is 0.000000574. The molecule has 0 radical (unpaired) electrons. The van der Waals surface area contributed by atoms with E-state index in [9.17, 15) is 0 Å². The van der Waals surface area contributed by atoms with Gasteiger partial charge in [-0.3, -0.25) is 4.68 Å².